The van der Waals surface area contributed by atoms with Gasteiger partial charge in [-0.25, -0.2) is 0 Å². The normalized spacial score (nSPS) is 14.7. The lowest BCUT2D eigenvalue weighted by molar-refractivity contribution is -0.115. The lowest BCUT2D eigenvalue weighted by atomic mass is 10.1. The summed E-state index contributed by atoms with van der Waals surface area (Å²) in [5.41, 5.74) is 2.21. The molecule has 1 aromatic carbocycles. The quantitative estimate of drug-likeness (QED) is 0.743. The van der Waals surface area contributed by atoms with Crippen molar-refractivity contribution in [2.24, 2.45) is 0 Å². The summed E-state index contributed by atoms with van der Waals surface area (Å²) < 4.78 is 0. The minimum atomic E-state index is -0.0664. The number of nitrogens with one attached hydrogen (secondary N) is 2. The number of anilines is 1. The molecule has 2 rings (SSSR count). The second kappa shape index (κ2) is 4.75. The maximum absolute atomic E-state index is 11.6. The van der Waals surface area contributed by atoms with Gasteiger partial charge in [-0.3, -0.25) is 4.79 Å². The monoisotopic (exact) mass is 234 g/mol. The van der Waals surface area contributed by atoms with Crippen LogP contribution in [-0.4, -0.2) is 23.6 Å². The largest absolute Gasteiger partial charge is 0.507 e. The predicted molar refractivity (Wildman–Crippen MR) is 67.2 cm³/mol. The number of aromatic hydroxyl groups is 1. The summed E-state index contributed by atoms with van der Waals surface area (Å²) in [6.07, 6.45) is 2.33. The van der Waals surface area contributed by atoms with Gasteiger partial charge in [-0.15, -0.1) is 0 Å². The Balaban J connectivity index is 1.97. The molecule has 0 bridgehead atoms. The number of hydrogen-bond donors (Lipinski definition) is 3. The molecular weight excluding hydrogens is 216 g/mol. The van der Waals surface area contributed by atoms with Gasteiger partial charge in [0.25, 0.3) is 0 Å². The van der Waals surface area contributed by atoms with Crippen LogP contribution in [0.15, 0.2) is 12.1 Å². The molecule has 1 fully saturated rings. The number of carbonyl (C=O) groups is 1. The molecule has 0 spiro atoms. The Hall–Kier alpha value is -1.55. The first-order valence-electron chi connectivity index (χ1n) is 5.90. The molecule has 0 saturated heterocycles. The van der Waals surface area contributed by atoms with E-state index >= 15 is 0 Å². The van der Waals surface area contributed by atoms with E-state index in [1.807, 2.05) is 13.0 Å². The number of hydrogen-bond acceptors (Lipinski definition) is 3. The van der Waals surface area contributed by atoms with Crippen molar-refractivity contribution in [2.45, 2.75) is 32.7 Å². The van der Waals surface area contributed by atoms with Crippen LogP contribution < -0.4 is 10.6 Å². The van der Waals surface area contributed by atoms with Crippen LogP contribution in [0.2, 0.25) is 0 Å². The van der Waals surface area contributed by atoms with Gasteiger partial charge in [-0.1, -0.05) is 6.07 Å². The van der Waals surface area contributed by atoms with Crippen molar-refractivity contribution >= 4 is 11.6 Å². The van der Waals surface area contributed by atoms with Crippen LogP contribution in [-0.2, 0) is 4.79 Å². The van der Waals surface area contributed by atoms with E-state index in [2.05, 4.69) is 10.6 Å². The molecule has 92 valence electrons. The molecule has 0 radical (unpaired) electrons. The number of benzene rings is 1. The van der Waals surface area contributed by atoms with Crippen molar-refractivity contribution in [1.29, 1.82) is 0 Å². The third-order valence-corrected chi connectivity index (χ3v) is 3.04. The number of rotatable bonds is 4. The van der Waals surface area contributed by atoms with Crippen molar-refractivity contribution in [2.75, 3.05) is 11.9 Å². The highest BCUT2D eigenvalue weighted by Gasteiger charge is 2.21. The van der Waals surface area contributed by atoms with E-state index in [1.165, 1.54) is 0 Å². The highest BCUT2D eigenvalue weighted by molar-refractivity contribution is 5.93. The van der Waals surface area contributed by atoms with Crippen LogP contribution in [0.4, 0.5) is 5.69 Å². The number of amides is 1. The zero-order valence-corrected chi connectivity index (χ0v) is 10.2. The average Bonchev–Trinajstić information content (AvgIpc) is 3.11. The van der Waals surface area contributed by atoms with Crippen molar-refractivity contribution in [3.05, 3.63) is 23.3 Å². The summed E-state index contributed by atoms with van der Waals surface area (Å²) in [5, 5.41) is 15.7. The maximum Gasteiger partial charge on any atom is 0.238 e. The van der Waals surface area contributed by atoms with Gasteiger partial charge in [0.1, 0.15) is 5.75 Å². The number of carbonyl (C=O) groups excluding carboxylic acids is 1. The predicted octanol–water partition coefficient (Wildman–Crippen LogP) is 1.70. The average molecular weight is 234 g/mol. The Labute approximate surface area is 101 Å². The Morgan fingerprint density at radius 2 is 2.12 bits per heavy atom. The van der Waals surface area contributed by atoms with Crippen molar-refractivity contribution < 1.29 is 9.90 Å². The molecule has 3 N–H and O–H groups in total. The van der Waals surface area contributed by atoms with E-state index in [4.69, 9.17) is 0 Å². The Morgan fingerprint density at radius 1 is 1.41 bits per heavy atom. The molecular formula is C13H18N2O2. The van der Waals surface area contributed by atoms with Crippen LogP contribution in [0, 0.1) is 13.8 Å². The maximum atomic E-state index is 11.6. The van der Waals surface area contributed by atoms with Crippen LogP contribution in [0.3, 0.4) is 0 Å². The lowest BCUT2D eigenvalue weighted by Gasteiger charge is -2.11. The van der Waals surface area contributed by atoms with E-state index < -0.39 is 0 Å². The molecule has 0 atom stereocenters. The van der Waals surface area contributed by atoms with Crippen molar-refractivity contribution in [3.63, 3.8) is 0 Å². The molecule has 1 aromatic rings. The SMILES string of the molecule is Cc1ccc(NC(=O)CNC2CC2)c(C)c1O. The minimum Gasteiger partial charge on any atom is -0.507 e. The van der Waals surface area contributed by atoms with Crippen LogP contribution >= 0.6 is 0 Å². The molecule has 1 amide bonds. The van der Waals surface area contributed by atoms with Gasteiger partial charge in [-0.05, 0) is 38.3 Å². The minimum absolute atomic E-state index is 0.0664. The molecule has 1 saturated carbocycles. The summed E-state index contributed by atoms with van der Waals surface area (Å²) in [5.74, 6) is 0.182. The standard InChI is InChI=1S/C13H18N2O2/c1-8-3-6-11(9(2)13(8)17)15-12(16)7-14-10-4-5-10/h3,6,10,14,17H,4-5,7H2,1-2H3,(H,15,16). The van der Waals surface area contributed by atoms with Gasteiger partial charge >= 0.3 is 0 Å². The van der Waals surface area contributed by atoms with Crippen molar-refractivity contribution in [3.8, 4) is 5.75 Å². The smallest absolute Gasteiger partial charge is 0.238 e. The third-order valence-electron chi connectivity index (χ3n) is 3.04. The fourth-order valence-electron chi connectivity index (χ4n) is 1.69. The summed E-state index contributed by atoms with van der Waals surface area (Å²) in [4.78, 5) is 11.6. The molecule has 17 heavy (non-hydrogen) atoms. The third kappa shape index (κ3) is 2.97. The lowest BCUT2D eigenvalue weighted by Crippen LogP contribution is -2.29. The zero-order chi connectivity index (χ0) is 12.4. The summed E-state index contributed by atoms with van der Waals surface area (Å²) >= 11 is 0. The van der Waals surface area contributed by atoms with Crippen molar-refractivity contribution in [1.82, 2.24) is 5.32 Å². The Bertz CT molecular complexity index is 439. The summed E-state index contributed by atoms with van der Waals surface area (Å²) in [7, 11) is 0. The molecule has 4 heteroatoms. The second-order valence-electron chi connectivity index (χ2n) is 4.61. The Morgan fingerprint density at radius 3 is 2.76 bits per heavy atom. The van der Waals surface area contributed by atoms with E-state index in [0.29, 0.717) is 23.8 Å². The highest BCUT2D eigenvalue weighted by atomic mass is 16.3. The molecule has 0 aromatic heterocycles. The number of aryl methyl sites for hydroxylation is 1. The van der Waals surface area contributed by atoms with Gasteiger partial charge in [0, 0.05) is 17.3 Å². The van der Waals surface area contributed by atoms with Crippen LogP contribution in [0.25, 0.3) is 0 Å². The number of phenols is 1. The fourth-order valence-corrected chi connectivity index (χ4v) is 1.69. The van der Waals surface area contributed by atoms with Crippen LogP contribution in [0.5, 0.6) is 5.75 Å². The topological polar surface area (TPSA) is 61.4 Å². The number of phenolic OH excluding ortho intramolecular Hbond substituents is 1. The first-order chi connectivity index (χ1) is 8.08. The van der Waals surface area contributed by atoms with Gasteiger partial charge < -0.3 is 15.7 Å². The molecule has 4 nitrogen and oxygen atoms in total. The summed E-state index contributed by atoms with van der Waals surface area (Å²) in [6.45, 7) is 3.97. The van der Waals surface area contributed by atoms with Gasteiger partial charge in [-0.2, -0.15) is 0 Å². The first kappa shape index (κ1) is 11.9. The van der Waals surface area contributed by atoms with Gasteiger partial charge in [0.2, 0.25) is 5.91 Å². The highest BCUT2D eigenvalue weighted by Crippen LogP contribution is 2.27. The summed E-state index contributed by atoms with van der Waals surface area (Å²) in [6, 6.07) is 4.14. The van der Waals surface area contributed by atoms with E-state index in [0.717, 1.165) is 18.4 Å². The molecule has 0 unspecified atom stereocenters. The second-order valence-corrected chi connectivity index (χ2v) is 4.61. The fraction of sp³-hybridized carbons (Fsp3) is 0.462. The van der Waals surface area contributed by atoms with Gasteiger partial charge in [0.15, 0.2) is 0 Å². The van der Waals surface area contributed by atoms with Gasteiger partial charge in [0.05, 0.1) is 6.54 Å². The molecule has 1 aliphatic carbocycles. The molecule has 1 aliphatic rings. The first-order valence-corrected chi connectivity index (χ1v) is 5.90. The zero-order valence-electron chi connectivity index (χ0n) is 10.2. The molecule has 0 heterocycles. The molecule has 0 aliphatic heterocycles. The van der Waals surface area contributed by atoms with E-state index in [-0.39, 0.29) is 11.7 Å². The van der Waals surface area contributed by atoms with Crippen LogP contribution in [0.1, 0.15) is 24.0 Å². The van der Waals surface area contributed by atoms with E-state index in [1.54, 1.807) is 13.0 Å². The Kier molecular flexibility index (Phi) is 3.33. The van der Waals surface area contributed by atoms with E-state index in [9.17, 15) is 9.90 Å².